The molecular formula is C26H34N4O4. The number of amides is 2. The molecule has 8 heteroatoms. The van der Waals surface area contributed by atoms with E-state index in [1.54, 1.807) is 11.8 Å². The highest BCUT2D eigenvalue weighted by Crippen LogP contribution is 2.24. The van der Waals surface area contributed by atoms with Crippen LogP contribution in [0.15, 0.2) is 47.5 Å². The molecule has 0 bridgehead atoms. The minimum atomic E-state index is -0.943. The van der Waals surface area contributed by atoms with E-state index in [1.165, 1.54) is 10.5 Å². The number of guanidine groups is 1. The monoisotopic (exact) mass is 466 g/mol. The first-order chi connectivity index (χ1) is 16.2. The number of rotatable bonds is 9. The summed E-state index contributed by atoms with van der Waals surface area (Å²) in [6.07, 6.45) is 1.01. The predicted octanol–water partition coefficient (Wildman–Crippen LogP) is 4.73. The molecule has 2 aromatic carbocycles. The van der Waals surface area contributed by atoms with Gasteiger partial charge in [-0.25, -0.2) is 9.79 Å². The highest BCUT2D eigenvalue weighted by atomic mass is 16.5. The van der Waals surface area contributed by atoms with Gasteiger partial charge in [-0.2, -0.15) is 0 Å². The van der Waals surface area contributed by atoms with E-state index in [0.29, 0.717) is 12.5 Å². The molecule has 0 aliphatic carbocycles. The van der Waals surface area contributed by atoms with Crippen LogP contribution >= 0.6 is 0 Å². The van der Waals surface area contributed by atoms with Crippen LogP contribution in [-0.2, 0) is 17.8 Å². The van der Waals surface area contributed by atoms with Crippen molar-refractivity contribution in [2.75, 3.05) is 18.5 Å². The normalized spacial score (nSPS) is 14.8. The lowest BCUT2D eigenvalue weighted by atomic mass is 10.1. The van der Waals surface area contributed by atoms with Gasteiger partial charge in [0.2, 0.25) is 5.96 Å². The van der Waals surface area contributed by atoms with E-state index in [-0.39, 0.29) is 25.3 Å². The van der Waals surface area contributed by atoms with E-state index in [1.807, 2.05) is 51.1 Å². The van der Waals surface area contributed by atoms with Crippen LogP contribution in [0.1, 0.15) is 44.4 Å². The molecule has 0 spiro atoms. The average molecular weight is 467 g/mol. The first kappa shape index (κ1) is 25.1. The molecule has 2 N–H and O–H groups in total. The summed E-state index contributed by atoms with van der Waals surface area (Å²) in [6.45, 7) is 10.1. The topological polar surface area (TPSA) is 94.5 Å². The van der Waals surface area contributed by atoms with Crippen molar-refractivity contribution in [2.24, 2.45) is 10.9 Å². The third kappa shape index (κ3) is 6.27. The Morgan fingerprint density at radius 3 is 2.41 bits per heavy atom. The summed E-state index contributed by atoms with van der Waals surface area (Å²) in [5.74, 6) is -0.387. The molecule has 8 nitrogen and oxygen atoms in total. The van der Waals surface area contributed by atoms with Crippen molar-refractivity contribution in [1.29, 1.82) is 0 Å². The number of aliphatic imine (C=N–C) groups is 1. The molecule has 34 heavy (non-hydrogen) atoms. The lowest BCUT2D eigenvalue weighted by molar-refractivity contribution is -0.141. The van der Waals surface area contributed by atoms with Crippen molar-refractivity contribution in [2.45, 2.75) is 53.7 Å². The Morgan fingerprint density at radius 1 is 1.15 bits per heavy atom. The Morgan fingerprint density at radius 2 is 1.82 bits per heavy atom. The average Bonchev–Trinajstić information content (AvgIpc) is 2.80. The SMILES string of the molecule is CCc1ccc(CN2C(=O)N(C[C@H](C)C(=O)O)CN=C2Nc2ccc(OC(C)C)c(C)c2)cc1. The van der Waals surface area contributed by atoms with Gasteiger partial charge in [-0.1, -0.05) is 38.1 Å². The summed E-state index contributed by atoms with van der Waals surface area (Å²) >= 11 is 0. The molecule has 0 unspecified atom stereocenters. The molecule has 1 atom stereocenters. The van der Waals surface area contributed by atoms with E-state index < -0.39 is 11.9 Å². The largest absolute Gasteiger partial charge is 0.491 e. The zero-order valence-corrected chi connectivity index (χ0v) is 20.5. The zero-order valence-electron chi connectivity index (χ0n) is 20.5. The number of carbonyl (C=O) groups is 2. The van der Waals surface area contributed by atoms with E-state index in [0.717, 1.165) is 29.0 Å². The zero-order chi connectivity index (χ0) is 24.8. The summed E-state index contributed by atoms with van der Waals surface area (Å²) < 4.78 is 5.82. The van der Waals surface area contributed by atoms with Crippen LogP contribution in [0.25, 0.3) is 0 Å². The van der Waals surface area contributed by atoms with Crippen LogP contribution in [0.3, 0.4) is 0 Å². The van der Waals surface area contributed by atoms with E-state index in [9.17, 15) is 14.7 Å². The number of carboxylic acids is 1. The molecule has 2 amide bonds. The van der Waals surface area contributed by atoms with Gasteiger partial charge in [-0.05, 0) is 62.1 Å². The highest BCUT2D eigenvalue weighted by molar-refractivity contribution is 6.05. The number of anilines is 1. The number of carbonyl (C=O) groups excluding carboxylic acids is 1. The second-order valence-corrected chi connectivity index (χ2v) is 8.90. The van der Waals surface area contributed by atoms with Crippen molar-refractivity contribution < 1.29 is 19.4 Å². The molecule has 2 aromatic rings. The third-order valence-electron chi connectivity index (χ3n) is 5.63. The smallest absolute Gasteiger partial charge is 0.328 e. The Hall–Kier alpha value is -3.55. The number of hydrogen-bond donors (Lipinski definition) is 2. The fourth-order valence-corrected chi connectivity index (χ4v) is 3.66. The van der Waals surface area contributed by atoms with Gasteiger partial charge < -0.3 is 20.1 Å². The number of nitrogens with one attached hydrogen (secondary N) is 1. The van der Waals surface area contributed by atoms with Gasteiger partial charge in [0.1, 0.15) is 12.4 Å². The molecule has 0 aromatic heterocycles. The van der Waals surface area contributed by atoms with Crippen molar-refractivity contribution in [3.05, 3.63) is 59.2 Å². The maximum Gasteiger partial charge on any atom is 0.328 e. The summed E-state index contributed by atoms with van der Waals surface area (Å²) in [7, 11) is 0. The molecular weight excluding hydrogens is 432 g/mol. The van der Waals surface area contributed by atoms with Gasteiger partial charge in [-0.3, -0.25) is 9.69 Å². The van der Waals surface area contributed by atoms with E-state index in [4.69, 9.17) is 4.74 Å². The number of nitrogens with zero attached hydrogens (tertiary/aromatic N) is 3. The van der Waals surface area contributed by atoms with Crippen molar-refractivity contribution in [1.82, 2.24) is 9.80 Å². The summed E-state index contributed by atoms with van der Waals surface area (Å²) in [6, 6.07) is 13.6. The molecule has 1 aliphatic heterocycles. The number of hydrogen-bond acceptors (Lipinski definition) is 5. The molecule has 1 heterocycles. The van der Waals surface area contributed by atoms with Crippen molar-refractivity contribution >= 4 is 23.6 Å². The number of carboxylic acid groups (broad SMARTS) is 1. The van der Waals surface area contributed by atoms with Crippen molar-refractivity contribution in [3.8, 4) is 5.75 Å². The lowest BCUT2D eigenvalue weighted by Gasteiger charge is -2.35. The quantitative estimate of drug-likeness (QED) is 0.557. The summed E-state index contributed by atoms with van der Waals surface area (Å²) in [5.41, 5.74) is 3.95. The first-order valence-electron chi connectivity index (χ1n) is 11.6. The maximum absolute atomic E-state index is 13.4. The second-order valence-electron chi connectivity index (χ2n) is 8.90. The van der Waals surface area contributed by atoms with E-state index in [2.05, 4.69) is 29.4 Å². The highest BCUT2D eigenvalue weighted by Gasteiger charge is 2.31. The van der Waals surface area contributed by atoms with Crippen LogP contribution in [-0.4, -0.2) is 52.2 Å². The minimum absolute atomic E-state index is 0.0756. The van der Waals surface area contributed by atoms with Crippen LogP contribution in [0, 0.1) is 12.8 Å². The van der Waals surface area contributed by atoms with Crippen LogP contribution in [0.4, 0.5) is 10.5 Å². The molecule has 0 fully saturated rings. The first-order valence-corrected chi connectivity index (χ1v) is 11.6. The predicted molar refractivity (Wildman–Crippen MR) is 133 cm³/mol. The molecule has 1 aliphatic rings. The molecule has 0 saturated carbocycles. The fraction of sp³-hybridized carbons (Fsp3) is 0.423. The Kier molecular flexibility index (Phi) is 8.15. The fourth-order valence-electron chi connectivity index (χ4n) is 3.66. The number of benzene rings is 2. The van der Waals surface area contributed by atoms with Crippen LogP contribution in [0.5, 0.6) is 5.75 Å². The van der Waals surface area contributed by atoms with Gasteiger partial charge in [-0.15, -0.1) is 0 Å². The van der Waals surface area contributed by atoms with E-state index >= 15 is 0 Å². The summed E-state index contributed by atoms with van der Waals surface area (Å²) in [4.78, 5) is 32.3. The number of urea groups is 1. The molecule has 0 saturated heterocycles. The minimum Gasteiger partial charge on any atom is -0.491 e. The van der Waals surface area contributed by atoms with Crippen LogP contribution in [0.2, 0.25) is 0 Å². The van der Waals surface area contributed by atoms with Gasteiger partial charge in [0, 0.05) is 12.2 Å². The number of aryl methyl sites for hydroxylation is 2. The lowest BCUT2D eigenvalue weighted by Crippen LogP contribution is -2.53. The molecule has 0 radical (unpaired) electrons. The van der Waals surface area contributed by atoms with Gasteiger partial charge >= 0.3 is 12.0 Å². The molecule has 182 valence electrons. The number of aliphatic carboxylic acids is 1. The van der Waals surface area contributed by atoms with Gasteiger partial charge in [0.15, 0.2) is 0 Å². The van der Waals surface area contributed by atoms with Crippen LogP contribution < -0.4 is 10.1 Å². The Bertz CT molecular complexity index is 1050. The summed E-state index contributed by atoms with van der Waals surface area (Å²) in [5, 5.41) is 12.6. The molecule has 3 rings (SSSR count). The second kappa shape index (κ2) is 11.0. The van der Waals surface area contributed by atoms with Gasteiger partial charge in [0.05, 0.1) is 18.6 Å². The van der Waals surface area contributed by atoms with Gasteiger partial charge in [0.25, 0.3) is 0 Å². The maximum atomic E-state index is 13.4. The third-order valence-corrected chi connectivity index (χ3v) is 5.63. The Balaban J connectivity index is 1.85. The standard InChI is InChI=1S/C26H34N4O4/c1-6-20-7-9-21(10-8-20)15-30-25(27-16-29(26(30)33)14-19(5)24(31)32)28-22-11-12-23(18(4)13-22)34-17(2)3/h7-13,17,19H,6,14-16H2,1-5H3,(H,27,28)(H,31,32)/t19-/m0/s1. The van der Waals surface area contributed by atoms with Crippen molar-refractivity contribution in [3.63, 3.8) is 0 Å². The number of ether oxygens (including phenoxy) is 1. The Labute approximate surface area is 201 Å².